The summed E-state index contributed by atoms with van der Waals surface area (Å²) in [6.45, 7) is 92.5. The van der Waals surface area contributed by atoms with Crippen molar-refractivity contribution >= 4 is 22.9 Å². The van der Waals surface area contributed by atoms with Gasteiger partial charge in [0.15, 0.2) is 105 Å². The molecule has 782 valence electrons. The third-order valence-corrected chi connectivity index (χ3v) is 18.8. The monoisotopic (exact) mass is 1990 g/mol. The van der Waals surface area contributed by atoms with Gasteiger partial charge in [-0.25, -0.2) is 41.1 Å². The van der Waals surface area contributed by atoms with E-state index in [9.17, 15) is 0 Å². The highest BCUT2D eigenvalue weighted by Crippen LogP contribution is 2.17. The molecule has 0 fully saturated rings. The minimum Gasteiger partial charge on any atom is -0.412 e. The Morgan fingerprint density at radius 1 is 0.340 bits per heavy atom. The molecule has 28 nitrogen and oxygen atoms in total. The van der Waals surface area contributed by atoms with Crippen LogP contribution in [0.15, 0.2) is 292 Å². The smallest absolute Gasteiger partial charge is 0.334 e. The van der Waals surface area contributed by atoms with E-state index in [1.165, 1.54) is 6.33 Å². The van der Waals surface area contributed by atoms with E-state index in [1.54, 1.807) is 109 Å². The average Bonchev–Trinajstić information content (AvgIpc) is 1.77. The molecule has 0 atom stereocenters. The summed E-state index contributed by atoms with van der Waals surface area (Å²) in [4.78, 5) is 24.0. The maximum absolute atomic E-state index is 5.11. The highest BCUT2D eigenvalue weighted by Gasteiger charge is 2.28. The molecule has 0 N–H and O–H groups in total. The molecule has 0 radical (unpaired) electrons. The first-order valence-corrected chi connectivity index (χ1v) is 50.4. The number of nitrogens with zero attached hydrogens (tertiary/aromatic N) is 26. The maximum Gasteiger partial charge on any atom is 0.334 e. The van der Waals surface area contributed by atoms with Gasteiger partial charge in [-0.1, -0.05) is 121 Å². The van der Waals surface area contributed by atoms with Crippen LogP contribution in [0, 0.1) is 17.3 Å². The van der Waals surface area contributed by atoms with Crippen LogP contribution in [-0.4, -0.2) is 59.1 Å². The highest BCUT2D eigenvalue weighted by molar-refractivity contribution is 7.07. The van der Waals surface area contributed by atoms with Crippen molar-refractivity contribution in [1.29, 1.82) is 0 Å². The number of pyridine rings is 1. The van der Waals surface area contributed by atoms with E-state index < -0.39 is 0 Å². The van der Waals surface area contributed by atoms with Crippen molar-refractivity contribution in [1.82, 2.24) is 59.1 Å². The van der Waals surface area contributed by atoms with Crippen LogP contribution in [0.5, 0.6) is 0 Å². The molecule has 0 aliphatic rings. The molecule has 14 aromatic heterocycles. The number of rotatable bonds is 0. The van der Waals surface area contributed by atoms with Crippen LogP contribution >= 0.6 is 22.9 Å². The third-order valence-electron chi connectivity index (χ3n) is 17.0. The van der Waals surface area contributed by atoms with Crippen LogP contribution in [-0.2, 0) is 110 Å². The molecule has 0 aliphatic heterocycles. The SMILES string of the molecule is CC(C)(C)C.CC(C)(C)[n+]1ccccn1.CC(C)(C)[n+]1cccnc1.CC(C)(C)[n+]1ccco1.CC(C)(C)[n+]1cccs1.CC(C)(C)[n+]1ccoc1.CC(C)(C)[n+]1ccsc1.CC(C)(C)[n+]1cncnc1.CC(C)C.CC(C)C.C[n+]1ccccc1.C[n+]1ccccn1.C[n+]1cccn1C(C)(C)C.C[n+]1ccn(C(C)(C)C)c1.C[n+]1ccncc1.C[n+]1cnc(C(C)(C)C)nc1.C[n+]1cnn(C(C)(C)C)c1. The molecule has 0 spiro atoms. The summed E-state index contributed by atoms with van der Waals surface area (Å²) < 4.78 is 44.2. The fourth-order valence-corrected chi connectivity index (χ4v) is 10.8. The number of aromatic nitrogens is 26. The minimum atomic E-state index is 0.0499. The Bertz CT molecular complexity index is 4810. The minimum absolute atomic E-state index is 0.0499. The van der Waals surface area contributed by atoms with Gasteiger partial charge in [-0.3, -0.25) is 4.98 Å². The Labute approximate surface area is 863 Å². The standard InChI is InChI=1S/C8H14N3.2C8H15N2.2C8H13N2.C7H14N3.C7H12N3.2C7H12NO.2C7H12NS.C6H8N.2C5H7N2.C5H12.2C4H10/c1-8(2,3)7-9-5-11(4)6-10-7;1-8(2,3)10-6-5-9(4)7-10;1-8(2,3)10-7-5-6-9(10)4;1-8(2,3)10-6-4-5-9-7-10;1-8(2,3)10-7-5-4-6-9-10;1-7(2,3)10-6-9(4)5-8-10;1-7(2,3)10-5-8-4-9-6-10;1-7(2,3)8-4-5-9-6-8;1-7(2,3)8-5-4-6-9-8;1-7(2,3)8-4-5-9-6-8;1-7(2,3)8-5-4-6-9-8;1-7-5-3-2-4-6-7;1-7-4-2-6-3-5-7;1-7-5-3-2-4-6-7;1-5(2,3)4;2*1-4(2)3/h5-6H,1-4H3;2*5-7H,1-4H3;2*4-7H,1-3H3;5-6H,1-4H3;4-6H,1-3H3;4*4-6H,1-3H3;2-6H,1H3;2*2-5H,1H3;1-4H3;2*4H,1-3H3/q14*+1;;;. The molecule has 141 heavy (non-hydrogen) atoms. The van der Waals surface area contributed by atoms with Crippen molar-refractivity contribution < 1.29 is 72.8 Å². The predicted octanol–water partition coefficient (Wildman–Crippen LogP) is 17.9. The lowest BCUT2D eigenvalue weighted by molar-refractivity contribution is -0.906. The highest BCUT2D eigenvalue weighted by atomic mass is 32.1. The molecule has 0 aliphatic carbocycles. The van der Waals surface area contributed by atoms with E-state index in [0.29, 0.717) is 5.41 Å². The lowest BCUT2D eigenvalue weighted by Gasteiger charge is -2.16. The van der Waals surface area contributed by atoms with Crippen molar-refractivity contribution in [2.24, 2.45) is 66.6 Å². The molecule has 14 rings (SSSR count). The number of imidazole rings is 1. The summed E-state index contributed by atoms with van der Waals surface area (Å²) >= 11 is 3.48. The number of hydrogen-bond acceptors (Lipinski definition) is 13. The van der Waals surface area contributed by atoms with Gasteiger partial charge in [0.1, 0.15) is 60.8 Å². The van der Waals surface area contributed by atoms with Gasteiger partial charge >= 0.3 is 6.39 Å². The summed E-state index contributed by atoms with van der Waals surface area (Å²) in [5, 5.41) is 16.4. The number of oxazole rings is 1. The maximum atomic E-state index is 5.11. The zero-order valence-corrected chi connectivity index (χ0v) is 99.1. The molecule has 30 heteroatoms. The van der Waals surface area contributed by atoms with Gasteiger partial charge in [-0.05, 0) is 169 Å². The molecule has 0 aromatic carbocycles. The van der Waals surface area contributed by atoms with Crippen LogP contribution in [0.4, 0.5) is 0 Å². The quantitative estimate of drug-likeness (QED) is 0.130. The predicted molar refractivity (Wildman–Crippen MR) is 569 cm³/mol. The molecule has 0 bridgehead atoms. The van der Waals surface area contributed by atoms with Gasteiger partial charge in [0, 0.05) is 157 Å². The van der Waals surface area contributed by atoms with Crippen LogP contribution in [0.25, 0.3) is 0 Å². The first-order chi connectivity index (χ1) is 64.4. The van der Waals surface area contributed by atoms with Gasteiger partial charge in [0.25, 0.3) is 24.8 Å². The summed E-state index contributed by atoms with van der Waals surface area (Å²) in [6, 6.07) is 21.7. The molecule has 0 unspecified atom stereocenters. The van der Waals surface area contributed by atoms with Crippen LogP contribution in [0.3, 0.4) is 0 Å². The van der Waals surface area contributed by atoms with Crippen LogP contribution < -0.4 is 63.8 Å². The molecular weight excluding hydrogens is 1790 g/mol. The normalized spacial score (nSPS) is 11.2. The number of aryl methyl sites for hydroxylation is 7. The van der Waals surface area contributed by atoms with E-state index in [4.69, 9.17) is 8.94 Å². The van der Waals surface area contributed by atoms with Gasteiger partial charge in [0.2, 0.25) is 61.4 Å². The van der Waals surface area contributed by atoms with Gasteiger partial charge in [0.05, 0.1) is 85.6 Å². The van der Waals surface area contributed by atoms with E-state index in [0.717, 1.165) is 17.7 Å². The summed E-state index contributed by atoms with van der Waals surface area (Å²) in [7, 11) is 13.8. The Morgan fingerprint density at radius 3 is 1.07 bits per heavy atom. The summed E-state index contributed by atoms with van der Waals surface area (Å²) in [5.41, 5.74) is 4.23. The lowest BCUT2D eigenvalue weighted by atomic mass is 9.96. The molecule has 14 heterocycles. The van der Waals surface area contributed by atoms with Gasteiger partial charge in [-0.15, -0.1) is 13.3 Å². The topological polar surface area (TPSA) is 211 Å². The Balaban J connectivity index is -0.00000144. The van der Waals surface area contributed by atoms with Crippen molar-refractivity contribution in [2.45, 2.75) is 359 Å². The Morgan fingerprint density at radius 2 is 0.844 bits per heavy atom. The molecule has 0 amide bonds. The molecular formula is C111H198N26O2S2+14. The Hall–Kier alpha value is -11.3. The van der Waals surface area contributed by atoms with E-state index in [1.807, 2.05) is 237 Å². The second-order valence-electron chi connectivity index (χ2n) is 47.5. The Kier molecular flexibility index (Phi) is 61.7. The molecule has 0 saturated carbocycles. The van der Waals surface area contributed by atoms with Gasteiger partial charge in [-0.2, -0.15) is 13.8 Å². The second-order valence-corrected chi connectivity index (χ2v) is 49.2. The van der Waals surface area contributed by atoms with E-state index in [2.05, 4.69) is 423 Å². The fourth-order valence-electron chi connectivity index (χ4n) is 9.27. The largest absolute Gasteiger partial charge is 0.412 e. The van der Waals surface area contributed by atoms with Crippen molar-refractivity contribution in [3.8, 4) is 0 Å². The van der Waals surface area contributed by atoms with Crippen molar-refractivity contribution in [3.63, 3.8) is 0 Å². The summed E-state index contributed by atoms with van der Waals surface area (Å²) in [5.74, 6) is 2.55. The molecule has 14 aromatic rings. The first-order valence-electron chi connectivity index (χ1n) is 48.6. The van der Waals surface area contributed by atoms with Crippen molar-refractivity contribution in [2.75, 3.05) is 0 Å². The average molecular weight is 1990 g/mol. The lowest BCUT2D eigenvalue weighted by Crippen LogP contribution is -2.52. The third kappa shape index (κ3) is 72.6. The van der Waals surface area contributed by atoms with Crippen LogP contribution in [0.1, 0.15) is 304 Å². The number of thiazole rings is 1. The summed E-state index contributed by atoms with van der Waals surface area (Å²) in [6.07, 6.45) is 60.1. The zero-order valence-electron chi connectivity index (χ0n) is 97.5. The fraction of sp³-hybridized carbons (Fsp3) is 0.577. The number of hydrogen-bond donors (Lipinski definition) is 0. The zero-order chi connectivity index (χ0) is 109. The van der Waals surface area contributed by atoms with E-state index in [-0.39, 0.29) is 60.8 Å². The van der Waals surface area contributed by atoms with Crippen molar-refractivity contribution in [3.05, 3.63) is 289 Å². The first kappa shape index (κ1) is 134. The van der Waals surface area contributed by atoms with Gasteiger partial charge < -0.3 is 4.42 Å². The molecule has 0 saturated heterocycles. The second kappa shape index (κ2) is 65.0. The van der Waals surface area contributed by atoms with E-state index >= 15 is 0 Å². The van der Waals surface area contributed by atoms with Crippen LogP contribution in [0.2, 0.25) is 0 Å².